The van der Waals surface area contributed by atoms with Crippen LogP contribution in [-0.2, 0) is 0 Å². The van der Waals surface area contributed by atoms with Crippen LogP contribution in [0.3, 0.4) is 0 Å². The number of nitrogens with zero attached hydrogens (tertiary/aromatic N) is 1. The highest BCUT2D eigenvalue weighted by atomic mass is 16.3. The summed E-state index contributed by atoms with van der Waals surface area (Å²) in [5.74, 6) is 0. The molecular formula is C52H33NO. The van der Waals surface area contributed by atoms with Crippen LogP contribution in [0.2, 0.25) is 0 Å². The summed E-state index contributed by atoms with van der Waals surface area (Å²) in [6, 6.07) is 72.3. The van der Waals surface area contributed by atoms with Crippen LogP contribution in [0.5, 0.6) is 0 Å². The van der Waals surface area contributed by atoms with Gasteiger partial charge in [0.2, 0.25) is 0 Å². The minimum Gasteiger partial charge on any atom is -0.455 e. The average Bonchev–Trinajstić information content (AvgIpc) is 3.62. The van der Waals surface area contributed by atoms with E-state index in [2.05, 4.69) is 205 Å². The molecule has 2 nitrogen and oxygen atoms in total. The van der Waals surface area contributed by atoms with E-state index < -0.39 is 0 Å². The third-order valence-electron chi connectivity index (χ3n) is 11.0. The first-order chi connectivity index (χ1) is 26.8. The van der Waals surface area contributed by atoms with Crippen molar-refractivity contribution in [3.63, 3.8) is 0 Å². The Morgan fingerprint density at radius 2 is 0.870 bits per heavy atom. The Hall–Kier alpha value is -7.16. The maximum absolute atomic E-state index is 6.73. The first kappa shape index (κ1) is 30.5. The van der Waals surface area contributed by atoms with Gasteiger partial charge in [-0.1, -0.05) is 146 Å². The summed E-state index contributed by atoms with van der Waals surface area (Å²) in [6.45, 7) is 0. The second kappa shape index (κ2) is 12.2. The molecule has 10 aromatic carbocycles. The van der Waals surface area contributed by atoms with Crippen LogP contribution in [0.15, 0.2) is 205 Å². The number of hydrogen-bond donors (Lipinski definition) is 0. The van der Waals surface area contributed by atoms with E-state index >= 15 is 0 Å². The van der Waals surface area contributed by atoms with Crippen LogP contribution in [0.4, 0.5) is 17.1 Å². The monoisotopic (exact) mass is 687 g/mol. The lowest BCUT2D eigenvalue weighted by atomic mass is 9.90. The molecule has 0 saturated heterocycles. The molecular weight excluding hydrogens is 655 g/mol. The van der Waals surface area contributed by atoms with Crippen LogP contribution in [0, 0.1) is 0 Å². The Morgan fingerprint density at radius 3 is 1.67 bits per heavy atom. The van der Waals surface area contributed by atoms with Crippen molar-refractivity contribution in [3.05, 3.63) is 200 Å². The molecule has 0 radical (unpaired) electrons. The summed E-state index contributed by atoms with van der Waals surface area (Å²) in [5.41, 5.74) is 9.77. The van der Waals surface area contributed by atoms with Gasteiger partial charge in [0, 0.05) is 39.3 Å². The quantitative estimate of drug-likeness (QED) is 0.168. The normalized spacial score (nSPS) is 11.7. The van der Waals surface area contributed by atoms with E-state index in [-0.39, 0.29) is 0 Å². The topological polar surface area (TPSA) is 16.4 Å². The second-order valence-corrected chi connectivity index (χ2v) is 14.1. The molecule has 1 heterocycles. The molecule has 0 aliphatic heterocycles. The Balaban J connectivity index is 1.16. The van der Waals surface area contributed by atoms with E-state index in [0.717, 1.165) is 44.4 Å². The van der Waals surface area contributed by atoms with Crippen molar-refractivity contribution in [2.24, 2.45) is 0 Å². The van der Waals surface area contributed by atoms with Crippen molar-refractivity contribution in [2.45, 2.75) is 0 Å². The summed E-state index contributed by atoms with van der Waals surface area (Å²) in [6.07, 6.45) is 0. The molecule has 0 unspecified atom stereocenters. The van der Waals surface area contributed by atoms with Gasteiger partial charge in [0.15, 0.2) is 0 Å². The molecule has 0 fully saturated rings. The van der Waals surface area contributed by atoms with Crippen LogP contribution in [0.1, 0.15) is 0 Å². The van der Waals surface area contributed by atoms with Crippen molar-refractivity contribution in [3.8, 4) is 22.3 Å². The molecule has 0 bridgehead atoms. The Bertz CT molecular complexity index is 3210. The molecule has 0 amide bonds. The minimum absolute atomic E-state index is 0.867. The fourth-order valence-corrected chi connectivity index (χ4v) is 8.44. The fourth-order valence-electron chi connectivity index (χ4n) is 8.44. The lowest BCUT2D eigenvalue weighted by molar-refractivity contribution is 0.672. The zero-order valence-electron chi connectivity index (χ0n) is 29.4. The average molecular weight is 688 g/mol. The minimum atomic E-state index is 0.867. The Morgan fingerprint density at radius 1 is 0.296 bits per heavy atom. The van der Waals surface area contributed by atoms with Gasteiger partial charge in [0.25, 0.3) is 0 Å². The number of hydrogen-bond acceptors (Lipinski definition) is 2. The number of furan rings is 1. The SMILES string of the molecule is c1ccc(-c2ccc(N(c3cc(-c4cc5ccccc5c5ccccc45)c4ccccc4c3)c3ccc4c(c3)oc3c5ccccc5ccc43)cc2)cc1. The van der Waals surface area contributed by atoms with Gasteiger partial charge in [-0.3, -0.25) is 0 Å². The van der Waals surface area contributed by atoms with Gasteiger partial charge < -0.3 is 9.32 Å². The van der Waals surface area contributed by atoms with Gasteiger partial charge >= 0.3 is 0 Å². The maximum atomic E-state index is 6.73. The summed E-state index contributed by atoms with van der Waals surface area (Å²) >= 11 is 0. The van der Waals surface area contributed by atoms with E-state index in [0.29, 0.717) is 0 Å². The predicted octanol–water partition coefficient (Wildman–Crippen LogP) is 15.0. The van der Waals surface area contributed by atoms with Crippen molar-refractivity contribution < 1.29 is 4.42 Å². The van der Waals surface area contributed by atoms with Crippen molar-refractivity contribution in [1.82, 2.24) is 0 Å². The predicted molar refractivity (Wildman–Crippen MR) is 229 cm³/mol. The highest BCUT2D eigenvalue weighted by Gasteiger charge is 2.20. The number of fused-ring (bicyclic) bond motifs is 9. The molecule has 0 atom stereocenters. The molecule has 0 saturated carbocycles. The van der Waals surface area contributed by atoms with E-state index in [9.17, 15) is 0 Å². The molecule has 0 aliphatic rings. The van der Waals surface area contributed by atoms with Crippen LogP contribution < -0.4 is 4.90 Å². The van der Waals surface area contributed by atoms with Crippen LogP contribution >= 0.6 is 0 Å². The van der Waals surface area contributed by atoms with Crippen molar-refractivity contribution in [2.75, 3.05) is 4.90 Å². The second-order valence-electron chi connectivity index (χ2n) is 14.1. The molecule has 252 valence electrons. The highest BCUT2D eigenvalue weighted by molar-refractivity contribution is 6.18. The lowest BCUT2D eigenvalue weighted by Gasteiger charge is -2.27. The molecule has 11 rings (SSSR count). The smallest absolute Gasteiger partial charge is 0.143 e. The standard InChI is InChI=1S/C52H33NO/c1-2-12-34(13-3-1)35-22-25-39(26-23-35)53(40-27-29-47-48-28-24-36-14-4-9-19-44(36)52(48)54-51(47)33-40)41-30-37-15-5-8-18-43(37)50(32-41)49-31-38-16-6-7-17-42(38)45-20-10-11-21-46(45)49/h1-33H. The third kappa shape index (κ3) is 4.88. The molecule has 2 heteroatoms. The highest BCUT2D eigenvalue weighted by Crippen LogP contribution is 2.45. The van der Waals surface area contributed by atoms with E-state index in [4.69, 9.17) is 4.42 Å². The van der Waals surface area contributed by atoms with Gasteiger partial charge in [0.05, 0.1) is 0 Å². The number of benzene rings is 10. The lowest BCUT2D eigenvalue weighted by Crippen LogP contribution is -2.10. The summed E-state index contributed by atoms with van der Waals surface area (Å²) in [5, 5.41) is 12.0. The van der Waals surface area contributed by atoms with Gasteiger partial charge in [-0.2, -0.15) is 0 Å². The maximum Gasteiger partial charge on any atom is 0.143 e. The van der Waals surface area contributed by atoms with E-state index in [1.54, 1.807) is 0 Å². The van der Waals surface area contributed by atoms with Crippen molar-refractivity contribution in [1.29, 1.82) is 0 Å². The Labute approximate surface area is 312 Å². The summed E-state index contributed by atoms with van der Waals surface area (Å²) in [4.78, 5) is 2.37. The molecule has 1 aromatic heterocycles. The molecule has 11 aromatic rings. The zero-order valence-corrected chi connectivity index (χ0v) is 29.4. The van der Waals surface area contributed by atoms with Gasteiger partial charge in [-0.15, -0.1) is 0 Å². The van der Waals surface area contributed by atoms with Crippen LogP contribution in [-0.4, -0.2) is 0 Å². The Kier molecular flexibility index (Phi) is 6.90. The summed E-state index contributed by atoms with van der Waals surface area (Å²) < 4.78 is 6.73. The largest absolute Gasteiger partial charge is 0.455 e. The van der Waals surface area contributed by atoms with Gasteiger partial charge in [0.1, 0.15) is 11.2 Å². The molecule has 54 heavy (non-hydrogen) atoms. The van der Waals surface area contributed by atoms with Crippen molar-refractivity contribution >= 4 is 82.1 Å². The van der Waals surface area contributed by atoms with Gasteiger partial charge in [-0.05, 0) is 108 Å². The first-order valence-corrected chi connectivity index (χ1v) is 18.5. The number of anilines is 3. The fraction of sp³-hybridized carbons (Fsp3) is 0. The number of rotatable bonds is 5. The summed E-state index contributed by atoms with van der Waals surface area (Å²) in [7, 11) is 0. The zero-order chi connectivity index (χ0) is 35.6. The van der Waals surface area contributed by atoms with Gasteiger partial charge in [-0.25, -0.2) is 0 Å². The third-order valence-corrected chi connectivity index (χ3v) is 11.0. The van der Waals surface area contributed by atoms with E-state index in [1.165, 1.54) is 60.0 Å². The molecule has 0 aliphatic carbocycles. The molecule has 0 N–H and O–H groups in total. The van der Waals surface area contributed by atoms with E-state index in [1.807, 2.05) is 0 Å². The van der Waals surface area contributed by atoms with Crippen LogP contribution in [0.25, 0.3) is 87.3 Å². The first-order valence-electron chi connectivity index (χ1n) is 18.5. The molecule has 0 spiro atoms.